The third-order valence-electron chi connectivity index (χ3n) is 4.63. The predicted molar refractivity (Wildman–Crippen MR) is 96.4 cm³/mol. The van der Waals surface area contributed by atoms with E-state index in [1.54, 1.807) is 6.92 Å². The lowest BCUT2D eigenvalue weighted by molar-refractivity contribution is -0.149. The van der Waals surface area contributed by atoms with Crippen LogP contribution in [0.1, 0.15) is 49.4 Å². The Labute approximate surface area is 154 Å². The molecule has 0 saturated heterocycles. The van der Waals surface area contributed by atoms with Gasteiger partial charge in [-0.2, -0.15) is 0 Å². The molecule has 0 spiro atoms. The summed E-state index contributed by atoms with van der Waals surface area (Å²) < 4.78 is 28.2. The topological polar surface area (TPSA) is 81.9 Å². The first-order valence-corrected chi connectivity index (χ1v) is 10.4. The second-order valence-corrected chi connectivity index (χ2v) is 9.11. The summed E-state index contributed by atoms with van der Waals surface area (Å²) in [7, 11) is -3.33. The smallest absolute Gasteiger partial charge is 0.309 e. The van der Waals surface area contributed by atoms with Crippen LogP contribution >= 0.6 is 0 Å². The predicted octanol–water partition coefficient (Wildman–Crippen LogP) is 3.07. The van der Waals surface area contributed by atoms with Gasteiger partial charge in [0, 0.05) is 18.7 Å². The zero-order valence-corrected chi connectivity index (χ0v) is 15.8. The van der Waals surface area contributed by atoms with Crippen molar-refractivity contribution in [3.05, 3.63) is 41.2 Å². The van der Waals surface area contributed by atoms with Crippen LogP contribution in [-0.2, 0) is 19.4 Å². The maximum Gasteiger partial charge on any atom is 0.309 e. The van der Waals surface area contributed by atoms with Crippen LogP contribution in [0.2, 0.25) is 0 Å². The minimum atomic E-state index is -3.33. The molecule has 1 unspecified atom stereocenters. The number of rotatable bonds is 7. The van der Waals surface area contributed by atoms with Gasteiger partial charge in [-0.05, 0) is 25.0 Å². The molecule has 0 aromatic heterocycles. The van der Waals surface area contributed by atoms with Crippen molar-refractivity contribution >= 4 is 21.6 Å². The van der Waals surface area contributed by atoms with Gasteiger partial charge in [0.1, 0.15) is 0 Å². The Morgan fingerprint density at radius 1 is 1.23 bits per heavy atom. The molecule has 0 radical (unpaired) electrons. The van der Waals surface area contributed by atoms with E-state index in [1.165, 1.54) is 24.3 Å². The Balaban J connectivity index is 2.00. The Hall–Kier alpha value is -2.20. The lowest BCUT2D eigenvalue weighted by Gasteiger charge is -2.18. The molecule has 1 saturated carbocycles. The van der Waals surface area contributed by atoms with Crippen molar-refractivity contribution in [2.75, 3.05) is 12.9 Å². The van der Waals surface area contributed by atoms with E-state index in [9.17, 15) is 18.0 Å². The van der Waals surface area contributed by atoms with Crippen molar-refractivity contribution < 1.29 is 22.7 Å². The minimum Gasteiger partial charge on any atom is -0.457 e. The SMILES string of the molecule is [C-]#[N+]C(C)(COC(=O)C1CCCC1)CC(=O)c1ccc(S(C)(=O)=O)cc1. The maximum absolute atomic E-state index is 12.4. The average Bonchev–Trinajstić information content (AvgIpc) is 3.14. The molecule has 1 aliphatic carbocycles. The molecule has 0 N–H and O–H groups in total. The summed E-state index contributed by atoms with van der Waals surface area (Å²) in [5.41, 5.74) is -0.810. The van der Waals surface area contributed by atoms with E-state index >= 15 is 0 Å². The molecule has 1 aliphatic rings. The number of hydrogen-bond acceptors (Lipinski definition) is 5. The van der Waals surface area contributed by atoms with Crippen LogP contribution in [0, 0.1) is 12.5 Å². The van der Waals surface area contributed by atoms with Gasteiger partial charge in [-0.25, -0.2) is 15.0 Å². The number of carbonyl (C=O) groups is 2. The van der Waals surface area contributed by atoms with Gasteiger partial charge < -0.3 is 9.58 Å². The fourth-order valence-electron chi connectivity index (χ4n) is 2.96. The fourth-order valence-corrected chi connectivity index (χ4v) is 3.60. The molecule has 0 aliphatic heterocycles. The largest absolute Gasteiger partial charge is 0.457 e. The van der Waals surface area contributed by atoms with Crippen molar-refractivity contribution in [1.29, 1.82) is 0 Å². The van der Waals surface area contributed by atoms with E-state index in [-0.39, 0.29) is 35.6 Å². The van der Waals surface area contributed by atoms with Gasteiger partial charge in [0.2, 0.25) is 0 Å². The maximum atomic E-state index is 12.4. The van der Waals surface area contributed by atoms with Gasteiger partial charge in [-0.3, -0.25) is 9.59 Å². The first kappa shape index (κ1) is 20.1. The first-order valence-electron chi connectivity index (χ1n) is 8.53. The van der Waals surface area contributed by atoms with Crippen LogP contribution in [0.25, 0.3) is 4.85 Å². The van der Waals surface area contributed by atoms with Gasteiger partial charge >= 0.3 is 5.97 Å². The molecule has 0 amide bonds. The number of carbonyl (C=O) groups excluding carboxylic acids is 2. The van der Waals surface area contributed by atoms with E-state index in [0.29, 0.717) is 5.56 Å². The monoisotopic (exact) mass is 377 g/mol. The van der Waals surface area contributed by atoms with Crippen LogP contribution in [0.5, 0.6) is 0 Å². The Morgan fingerprint density at radius 3 is 2.31 bits per heavy atom. The third kappa shape index (κ3) is 5.15. The van der Waals surface area contributed by atoms with Crippen molar-refractivity contribution in [3.8, 4) is 0 Å². The van der Waals surface area contributed by atoms with E-state index in [0.717, 1.165) is 31.9 Å². The van der Waals surface area contributed by atoms with Crippen LogP contribution in [0.3, 0.4) is 0 Å². The minimum absolute atomic E-state index is 0.0933. The lowest BCUT2D eigenvalue weighted by atomic mass is 9.94. The van der Waals surface area contributed by atoms with Crippen LogP contribution in [0.15, 0.2) is 29.2 Å². The van der Waals surface area contributed by atoms with E-state index in [2.05, 4.69) is 4.85 Å². The van der Waals surface area contributed by atoms with E-state index in [1.807, 2.05) is 0 Å². The van der Waals surface area contributed by atoms with Crippen molar-refractivity contribution in [3.63, 3.8) is 0 Å². The van der Waals surface area contributed by atoms with Crippen molar-refractivity contribution in [2.24, 2.45) is 5.92 Å². The normalized spacial score (nSPS) is 17.3. The van der Waals surface area contributed by atoms with Gasteiger partial charge in [0.15, 0.2) is 22.2 Å². The molecule has 1 aromatic carbocycles. The number of hydrogen-bond donors (Lipinski definition) is 0. The zero-order chi connectivity index (χ0) is 19.4. The number of benzene rings is 1. The van der Waals surface area contributed by atoms with Crippen LogP contribution in [0.4, 0.5) is 0 Å². The van der Waals surface area contributed by atoms with E-state index < -0.39 is 15.4 Å². The fraction of sp³-hybridized carbons (Fsp3) is 0.526. The number of nitrogens with zero attached hydrogens (tertiary/aromatic N) is 1. The Morgan fingerprint density at radius 2 is 1.81 bits per heavy atom. The molecule has 6 nitrogen and oxygen atoms in total. The van der Waals surface area contributed by atoms with Crippen molar-refractivity contribution in [1.82, 2.24) is 0 Å². The highest BCUT2D eigenvalue weighted by molar-refractivity contribution is 7.90. The van der Waals surface area contributed by atoms with E-state index in [4.69, 9.17) is 11.3 Å². The number of esters is 1. The van der Waals surface area contributed by atoms with Gasteiger partial charge in [-0.15, -0.1) is 0 Å². The highest BCUT2D eigenvalue weighted by atomic mass is 32.2. The molecule has 0 bridgehead atoms. The van der Waals surface area contributed by atoms with Gasteiger partial charge in [0.25, 0.3) is 5.54 Å². The summed E-state index contributed by atoms with van der Waals surface area (Å²) in [6, 6.07) is 5.62. The second kappa shape index (κ2) is 8.00. The molecule has 140 valence electrons. The summed E-state index contributed by atoms with van der Waals surface area (Å²) in [5.74, 6) is -0.674. The molecule has 26 heavy (non-hydrogen) atoms. The highest BCUT2D eigenvalue weighted by Gasteiger charge is 2.37. The first-order chi connectivity index (χ1) is 12.1. The number of sulfone groups is 1. The van der Waals surface area contributed by atoms with Gasteiger partial charge in [-0.1, -0.05) is 25.0 Å². The molecular weight excluding hydrogens is 354 g/mol. The summed E-state index contributed by atoms with van der Waals surface area (Å²) >= 11 is 0. The molecule has 1 aromatic rings. The standard InChI is InChI=1S/C19H23NO5S/c1-19(20-2,13-25-18(22)15-6-4-5-7-15)12-17(21)14-8-10-16(11-9-14)26(3,23)24/h8-11,15H,4-7,12-13H2,1,3H3. The van der Waals surface area contributed by atoms with Gasteiger partial charge in [0.05, 0.1) is 17.2 Å². The molecule has 2 rings (SSSR count). The van der Waals surface area contributed by atoms with Crippen LogP contribution in [-0.4, -0.2) is 38.6 Å². The number of Topliss-reactive ketones (excluding diaryl/α,β-unsaturated/α-hetero) is 1. The average molecular weight is 377 g/mol. The zero-order valence-electron chi connectivity index (χ0n) is 15.0. The summed E-state index contributed by atoms with van der Waals surface area (Å²) in [4.78, 5) is 28.1. The van der Waals surface area contributed by atoms with Crippen molar-refractivity contribution in [2.45, 2.75) is 49.5 Å². The molecule has 1 atom stereocenters. The third-order valence-corrected chi connectivity index (χ3v) is 5.76. The Kier molecular flexibility index (Phi) is 6.19. The molecule has 0 heterocycles. The highest BCUT2D eigenvalue weighted by Crippen LogP contribution is 2.27. The van der Waals surface area contributed by atoms with Crippen LogP contribution < -0.4 is 0 Å². The number of ketones is 1. The second-order valence-electron chi connectivity index (χ2n) is 7.09. The lowest BCUT2D eigenvalue weighted by Crippen LogP contribution is -2.32. The number of ether oxygens (including phenoxy) is 1. The quantitative estimate of drug-likeness (QED) is 0.414. The summed E-state index contributed by atoms with van der Waals surface area (Å²) in [6.45, 7) is 8.85. The summed E-state index contributed by atoms with van der Waals surface area (Å²) in [6.07, 6.45) is 4.66. The Bertz CT molecular complexity index is 816. The molecular formula is C19H23NO5S. The molecule has 1 fully saturated rings. The molecule has 7 heteroatoms. The summed E-state index contributed by atoms with van der Waals surface area (Å²) in [5, 5.41) is 0.